The zero-order chi connectivity index (χ0) is 22.6. The molecule has 1 aliphatic heterocycles. The van der Waals surface area contributed by atoms with Crippen molar-refractivity contribution in [2.24, 2.45) is 0 Å². The van der Waals surface area contributed by atoms with E-state index in [-0.39, 0.29) is 17.6 Å². The van der Waals surface area contributed by atoms with E-state index in [0.29, 0.717) is 11.4 Å². The smallest absolute Gasteiger partial charge is 0.290 e. The molecule has 3 aromatic rings. The fourth-order valence-corrected chi connectivity index (χ4v) is 4.22. The Hall–Kier alpha value is -2.97. The van der Waals surface area contributed by atoms with Gasteiger partial charge in [-0.05, 0) is 50.8 Å². The Kier molecular flexibility index (Phi) is 6.92. The Bertz CT molecular complexity index is 1110. The molecule has 1 fully saturated rings. The zero-order valence-electron chi connectivity index (χ0n) is 18.5. The first kappa shape index (κ1) is 22.7. The molecule has 2 N–H and O–H groups in total. The highest BCUT2D eigenvalue weighted by Gasteiger charge is 2.29. The van der Waals surface area contributed by atoms with Gasteiger partial charge in [0.05, 0.1) is 24.3 Å². The van der Waals surface area contributed by atoms with Crippen molar-refractivity contribution in [3.8, 4) is 11.4 Å². The van der Waals surface area contributed by atoms with Gasteiger partial charge in [-0.1, -0.05) is 11.6 Å². The van der Waals surface area contributed by atoms with Crippen molar-refractivity contribution in [3.63, 3.8) is 0 Å². The third-order valence-corrected chi connectivity index (χ3v) is 5.67. The van der Waals surface area contributed by atoms with Crippen molar-refractivity contribution < 1.29 is 14.6 Å². The molecule has 8 heteroatoms. The number of pyridine rings is 1. The van der Waals surface area contributed by atoms with Crippen molar-refractivity contribution in [1.82, 2.24) is 19.4 Å². The number of morpholine rings is 1. The van der Waals surface area contributed by atoms with Crippen LogP contribution in [0.1, 0.15) is 25.0 Å². The van der Waals surface area contributed by atoms with Gasteiger partial charge >= 0.3 is 0 Å². The lowest BCUT2D eigenvalue weighted by atomic mass is 10.0. The Morgan fingerprint density at radius 1 is 1.23 bits per heavy atom. The van der Waals surface area contributed by atoms with Crippen LogP contribution in [0, 0.1) is 13.8 Å². The van der Waals surface area contributed by atoms with E-state index in [2.05, 4.69) is 52.3 Å². The SMILES string of the molecule is Cc1cc(C)c2[nH]c(=O)c(-c3nccn3CC(C)(C)N3CCOCC3)cc2c1.O=CO. The van der Waals surface area contributed by atoms with Gasteiger partial charge in [0.15, 0.2) is 0 Å². The van der Waals surface area contributed by atoms with Gasteiger partial charge in [-0.3, -0.25) is 14.5 Å². The van der Waals surface area contributed by atoms with Crippen LogP contribution in [0.3, 0.4) is 0 Å². The maximum atomic E-state index is 12.9. The monoisotopic (exact) mass is 426 g/mol. The zero-order valence-corrected chi connectivity index (χ0v) is 18.5. The van der Waals surface area contributed by atoms with Gasteiger partial charge in [0, 0.05) is 37.6 Å². The number of carboxylic acid groups (broad SMARTS) is 1. The van der Waals surface area contributed by atoms with E-state index in [1.807, 2.05) is 19.2 Å². The number of H-pyrrole nitrogens is 1. The number of ether oxygens (including phenoxy) is 1. The molecule has 0 radical (unpaired) electrons. The number of rotatable bonds is 4. The fraction of sp³-hybridized carbons (Fsp3) is 0.435. The molecule has 0 aliphatic carbocycles. The number of aromatic nitrogens is 3. The number of fused-ring (bicyclic) bond motifs is 1. The van der Waals surface area contributed by atoms with Gasteiger partial charge in [0.25, 0.3) is 12.0 Å². The molecule has 8 nitrogen and oxygen atoms in total. The summed E-state index contributed by atoms with van der Waals surface area (Å²) in [5, 5.41) is 7.93. The summed E-state index contributed by atoms with van der Waals surface area (Å²) in [5.74, 6) is 0.712. The summed E-state index contributed by atoms with van der Waals surface area (Å²) in [6, 6.07) is 6.16. The van der Waals surface area contributed by atoms with Gasteiger partial charge in [-0.2, -0.15) is 0 Å². The maximum Gasteiger partial charge on any atom is 0.290 e. The van der Waals surface area contributed by atoms with Gasteiger partial charge in [-0.15, -0.1) is 0 Å². The molecule has 0 atom stereocenters. The van der Waals surface area contributed by atoms with Crippen LogP contribution in [0.2, 0.25) is 0 Å². The molecule has 2 aromatic heterocycles. The third kappa shape index (κ3) is 5.03. The number of benzene rings is 1. The number of nitrogens with zero attached hydrogens (tertiary/aromatic N) is 3. The highest BCUT2D eigenvalue weighted by Crippen LogP contribution is 2.25. The first-order valence-corrected chi connectivity index (χ1v) is 10.3. The van der Waals surface area contributed by atoms with E-state index in [0.717, 1.165) is 49.3 Å². The lowest BCUT2D eigenvalue weighted by Gasteiger charge is -2.41. The number of nitrogens with one attached hydrogen (secondary N) is 1. The molecule has 3 heterocycles. The minimum atomic E-state index is -0.250. The largest absolute Gasteiger partial charge is 0.483 e. The van der Waals surface area contributed by atoms with Crippen LogP contribution in [0.15, 0.2) is 35.4 Å². The lowest BCUT2D eigenvalue weighted by Crippen LogP contribution is -2.52. The molecule has 0 amide bonds. The average molecular weight is 427 g/mol. The molecule has 1 saturated heterocycles. The number of hydrogen-bond donors (Lipinski definition) is 2. The predicted octanol–water partition coefficient (Wildman–Crippen LogP) is 2.82. The van der Waals surface area contributed by atoms with Gasteiger partial charge in [0.2, 0.25) is 0 Å². The molecule has 1 aromatic carbocycles. The van der Waals surface area contributed by atoms with Crippen molar-refractivity contribution in [3.05, 3.63) is 52.1 Å². The van der Waals surface area contributed by atoms with E-state index in [1.54, 1.807) is 6.20 Å². The molecular weight excluding hydrogens is 396 g/mol. The molecule has 0 bridgehead atoms. The van der Waals surface area contributed by atoms with E-state index < -0.39 is 0 Å². The minimum Gasteiger partial charge on any atom is -0.483 e. The van der Waals surface area contributed by atoms with Crippen LogP contribution in [-0.4, -0.2) is 62.9 Å². The molecule has 166 valence electrons. The second kappa shape index (κ2) is 9.45. The van der Waals surface area contributed by atoms with Crippen LogP contribution in [0.25, 0.3) is 22.3 Å². The second-order valence-electron chi connectivity index (χ2n) is 8.45. The van der Waals surface area contributed by atoms with Crippen molar-refractivity contribution >= 4 is 17.4 Å². The van der Waals surface area contributed by atoms with Crippen molar-refractivity contribution in [1.29, 1.82) is 0 Å². The first-order chi connectivity index (χ1) is 14.8. The number of aryl methyl sites for hydroxylation is 2. The number of carbonyl (C=O) groups is 1. The highest BCUT2D eigenvalue weighted by atomic mass is 16.5. The summed E-state index contributed by atoms with van der Waals surface area (Å²) in [7, 11) is 0. The van der Waals surface area contributed by atoms with Crippen LogP contribution in [0.4, 0.5) is 0 Å². The van der Waals surface area contributed by atoms with E-state index in [9.17, 15) is 4.79 Å². The normalized spacial score (nSPS) is 14.8. The Balaban J connectivity index is 0.000000858. The van der Waals surface area contributed by atoms with Gasteiger partial charge in [-0.25, -0.2) is 4.98 Å². The van der Waals surface area contributed by atoms with Crippen LogP contribution in [0.5, 0.6) is 0 Å². The van der Waals surface area contributed by atoms with Crippen LogP contribution < -0.4 is 5.56 Å². The number of aromatic amines is 1. The summed E-state index contributed by atoms with van der Waals surface area (Å²) in [5.41, 5.74) is 3.61. The maximum absolute atomic E-state index is 12.9. The number of hydrogen-bond acceptors (Lipinski definition) is 5. The molecule has 0 spiro atoms. The fourth-order valence-electron chi connectivity index (χ4n) is 4.22. The molecule has 0 unspecified atom stereocenters. The standard InChI is InChI=1S/C22H28N4O2.CH2O2/c1-15-11-16(2)19-17(12-15)13-18(21(27)24-19)20-23-5-6-25(20)14-22(3,4)26-7-9-28-10-8-26;2-1-3/h5-6,11-13H,7-10,14H2,1-4H3,(H,24,27);1H,(H,2,3). The first-order valence-electron chi connectivity index (χ1n) is 10.3. The molecule has 4 rings (SSSR count). The quantitative estimate of drug-likeness (QED) is 0.622. The third-order valence-electron chi connectivity index (χ3n) is 5.67. The summed E-state index contributed by atoms with van der Waals surface area (Å²) in [4.78, 5) is 31.2. The van der Waals surface area contributed by atoms with Crippen molar-refractivity contribution in [2.75, 3.05) is 26.3 Å². The Morgan fingerprint density at radius 3 is 2.58 bits per heavy atom. The average Bonchev–Trinajstić information content (AvgIpc) is 3.16. The number of imidazole rings is 1. The lowest BCUT2D eigenvalue weighted by molar-refractivity contribution is -0.122. The minimum absolute atomic E-state index is 0.0595. The molecular formula is C23H30N4O4. The highest BCUT2D eigenvalue weighted by molar-refractivity contribution is 5.85. The summed E-state index contributed by atoms with van der Waals surface area (Å²) < 4.78 is 7.58. The molecule has 1 aliphatic rings. The Labute approximate surface area is 181 Å². The van der Waals surface area contributed by atoms with Crippen LogP contribution in [-0.2, 0) is 16.1 Å². The summed E-state index contributed by atoms with van der Waals surface area (Å²) in [6.45, 7) is 12.5. The van der Waals surface area contributed by atoms with E-state index >= 15 is 0 Å². The molecule has 31 heavy (non-hydrogen) atoms. The Morgan fingerprint density at radius 2 is 1.90 bits per heavy atom. The van der Waals surface area contributed by atoms with Gasteiger partial charge in [0.1, 0.15) is 5.82 Å². The van der Waals surface area contributed by atoms with Gasteiger partial charge < -0.3 is 19.4 Å². The van der Waals surface area contributed by atoms with E-state index in [1.165, 1.54) is 5.56 Å². The van der Waals surface area contributed by atoms with E-state index in [4.69, 9.17) is 14.6 Å². The summed E-state index contributed by atoms with van der Waals surface area (Å²) >= 11 is 0. The predicted molar refractivity (Wildman–Crippen MR) is 120 cm³/mol. The van der Waals surface area contributed by atoms with Crippen LogP contribution >= 0.6 is 0 Å². The topological polar surface area (TPSA) is 100 Å². The summed E-state index contributed by atoms with van der Waals surface area (Å²) in [6.07, 6.45) is 3.73. The second-order valence-corrected chi connectivity index (χ2v) is 8.45. The molecule has 0 saturated carbocycles. The van der Waals surface area contributed by atoms with Crippen molar-refractivity contribution in [2.45, 2.75) is 39.8 Å².